The molecule has 4 aromatic rings. The summed E-state index contributed by atoms with van der Waals surface area (Å²) in [6, 6.07) is 18.4. The number of Topliss-reactive ketones (excluding diaryl/α,β-unsaturated/α-hetero) is 1. The van der Waals surface area contributed by atoms with E-state index >= 15 is 0 Å². The highest BCUT2D eigenvalue weighted by atomic mass is 35.5. The van der Waals surface area contributed by atoms with Crippen molar-refractivity contribution in [2.45, 2.75) is 13.0 Å². The highest BCUT2D eigenvalue weighted by Crippen LogP contribution is 2.42. The molecule has 164 valence electrons. The van der Waals surface area contributed by atoms with Crippen molar-refractivity contribution in [3.8, 4) is 0 Å². The highest BCUT2D eigenvalue weighted by molar-refractivity contribution is 6.51. The summed E-state index contributed by atoms with van der Waals surface area (Å²) in [5.41, 5.74) is 3.21. The van der Waals surface area contributed by atoms with Crippen molar-refractivity contribution >= 4 is 57.6 Å². The number of carbonyl (C=O) groups is 2. The maximum Gasteiger partial charge on any atom is 0.302 e. The summed E-state index contributed by atoms with van der Waals surface area (Å²) in [4.78, 5) is 35.4. The molecule has 1 aliphatic heterocycles. The smallest absolute Gasteiger partial charge is 0.302 e. The van der Waals surface area contributed by atoms with E-state index in [1.165, 1.54) is 17.0 Å². The third-order valence-corrected chi connectivity index (χ3v) is 6.34. The minimum atomic E-state index is -0.889. The summed E-state index contributed by atoms with van der Waals surface area (Å²) >= 11 is 12.1. The Bertz CT molecular complexity index is 1440. The standard InChI is InChI=1S/C25H17Cl2N3O3/c1-13-5-4-6-14(11-13)21-20(22(31)15-9-10-16(26)17(27)12-15)23(32)24(33)30(21)25-28-18-7-2-3-8-19(18)29-25/h2-12,21,31H,1H3,(H,28,29)/b22-20+. The lowest BCUT2D eigenvalue weighted by Gasteiger charge is -2.23. The number of para-hydroxylation sites is 2. The van der Waals surface area contributed by atoms with Crippen LogP contribution in [0.2, 0.25) is 10.0 Å². The van der Waals surface area contributed by atoms with Crippen molar-refractivity contribution in [1.29, 1.82) is 0 Å². The number of fused-ring (bicyclic) bond motifs is 1. The van der Waals surface area contributed by atoms with E-state index in [1.54, 1.807) is 12.1 Å². The molecule has 0 spiro atoms. The van der Waals surface area contributed by atoms with Crippen LogP contribution in [0.4, 0.5) is 5.95 Å². The molecule has 1 amide bonds. The Hall–Kier alpha value is -3.61. The van der Waals surface area contributed by atoms with Gasteiger partial charge in [0, 0.05) is 5.56 Å². The van der Waals surface area contributed by atoms with Gasteiger partial charge in [0.05, 0.1) is 32.7 Å². The van der Waals surface area contributed by atoms with E-state index in [4.69, 9.17) is 23.2 Å². The summed E-state index contributed by atoms with van der Waals surface area (Å²) in [5, 5.41) is 11.7. The lowest BCUT2D eigenvalue weighted by Crippen LogP contribution is -2.30. The second-order valence-electron chi connectivity index (χ2n) is 7.79. The first kappa shape index (κ1) is 21.2. The Kier molecular flexibility index (Phi) is 5.19. The maximum absolute atomic E-state index is 13.2. The van der Waals surface area contributed by atoms with E-state index in [9.17, 15) is 14.7 Å². The van der Waals surface area contributed by atoms with Gasteiger partial charge in [-0.1, -0.05) is 65.2 Å². The molecule has 0 bridgehead atoms. The van der Waals surface area contributed by atoms with Gasteiger partial charge in [-0.2, -0.15) is 0 Å². The Labute approximate surface area is 199 Å². The molecule has 1 atom stereocenters. The third kappa shape index (κ3) is 3.57. The van der Waals surface area contributed by atoms with Crippen LogP contribution in [0.5, 0.6) is 0 Å². The first-order chi connectivity index (χ1) is 15.8. The Morgan fingerprint density at radius 1 is 1.00 bits per heavy atom. The van der Waals surface area contributed by atoms with E-state index in [0.717, 1.165) is 11.1 Å². The number of nitrogens with one attached hydrogen (secondary N) is 1. The van der Waals surface area contributed by atoms with E-state index in [-0.39, 0.29) is 27.9 Å². The number of imidazole rings is 1. The molecule has 33 heavy (non-hydrogen) atoms. The first-order valence-corrected chi connectivity index (χ1v) is 10.9. The number of aliphatic hydroxyl groups excluding tert-OH is 1. The SMILES string of the molecule is Cc1cccc(C2/C(=C(\O)c3ccc(Cl)c(Cl)c3)C(=O)C(=O)N2c2nc3ccccc3[nH]2)c1. The van der Waals surface area contributed by atoms with Crippen LogP contribution >= 0.6 is 23.2 Å². The van der Waals surface area contributed by atoms with E-state index < -0.39 is 17.7 Å². The monoisotopic (exact) mass is 477 g/mol. The molecule has 3 aromatic carbocycles. The van der Waals surface area contributed by atoms with Gasteiger partial charge in [0.1, 0.15) is 5.76 Å². The minimum absolute atomic E-state index is 0.0514. The number of hydrogen-bond acceptors (Lipinski definition) is 4. The molecule has 1 aliphatic rings. The largest absolute Gasteiger partial charge is 0.507 e. The van der Waals surface area contributed by atoms with Crippen LogP contribution in [-0.2, 0) is 9.59 Å². The maximum atomic E-state index is 13.2. The number of H-pyrrole nitrogens is 1. The Morgan fingerprint density at radius 2 is 1.79 bits per heavy atom. The van der Waals surface area contributed by atoms with Gasteiger partial charge in [0.2, 0.25) is 5.95 Å². The van der Waals surface area contributed by atoms with Crippen LogP contribution in [-0.4, -0.2) is 26.8 Å². The average Bonchev–Trinajstić information content (AvgIpc) is 3.34. The van der Waals surface area contributed by atoms with Crippen LogP contribution in [0.25, 0.3) is 16.8 Å². The number of aliphatic hydroxyl groups is 1. The van der Waals surface area contributed by atoms with E-state index in [1.807, 2.05) is 49.4 Å². The Balaban J connectivity index is 1.75. The zero-order valence-corrected chi connectivity index (χ0v) is 18.9. The molecule has 0 aliphatic carbocycles. The molecular formula is C25H17Cl2N3O3. The molecule has 2 heterocycles. The second-order valence-corrected chi connectivity index (χ2v) is 8.60. The lowest BCUT2D eigenvalue weighted by atomic mass is 9.94. The second kappa shape index (κ2) is 8.06. The van der Waals surface area contributed by atoms with Gasteiger partial charge in [-0.25, -0.2) is 4.98 Å². The van der Waals surface area contributed by atoms with Gasteiger partial charge in [-0.05, 0) is 42.8 Å². The zero-order chi connectivity index (χ0) is 23.3. The molecular weight excluding hydrogens is 461 g/mol. The lowest BCUT2D eigenvalue weighted by molar-refractivity contribution is -0.132. The molecule has 1 aromatic heterocycles. The van der Waals surface area contributed by atoms with E-state index in [0.29, 0.717) is 16.1 Å². The summed E-state index contributed by atoms with van der Waals surface area (Å²) in [6.45, 7) is 1.91. The van der Waals surface area contributed by atoms with Crippen molar-refractivity contribution in [2.24, 2.45) is 0 Å². The number of amides is 1. The fourth-order valence-electron chi connectivity index (χ4n) is 4.06. The molecule has 5 rings (SSSR count). The zero-order valence-electron chi connectivity index (χ0n) is 17.3. The number of rotatable bonds is 3. The average molecular weight is 478 g/mol. The molecule has 6 nitrogen and oxygen atoms in total. The van der Waals surface area contributed by atoms with Gasteiger partial charge >= 0.3 is 5.91 Å². The number of carbonyl (C=O) groups excluding carboxylic acids is 2. The number of nitrogens with zero attached hydrogens (tertiary/aromatic N) is 2. The molecule has 0 saturated carbocycles. The number of aryl methyl sites for hydroxylation is 1. The summed E-state index contributed by atoms with van der Waals surface area (Å²) in [5.74, 6) is -1.72. The number of ketones is 1. The molecule has 1 fully saturated rings. The number of benzene rings is 3. The Morgan fingerprint density at radius 3 is 2.52 bits per heavy atom. The van der Waals surface area contributed by atoms with Crippen molar-refractivity contribution in [2.75, 3.05) is 4.90 Å². The van der Waals surface area contributed by atoms with Gasteiger partial charge in [-0.15, -0.1) is 0 Å². The minimum Gasteiger partial charge on any atom is -0.507 e. The van der Waals surface area contributed by atoms with Crippen LogP contribution in [0.1, 0.15) is 22.7 Å². The molecule has 2 N–H and O–H groups in total. The quantitative estimate of drug-likeness (QED) is 0.221. The molecule has 1 saturated heterocycles. The number of aromatic amines is 1. The van der Waals surface area contributed by atoms with Crippen LogP contribution in [0.15, 0.2) is 72.3 Å². The summed E-state index contributed by atoms with van der Waals surface area (Å²) < 4.78 is 0. The van der Waals surface area contributed by atoms with Crippen molar-refractivity contribution in [1.82, 2.24) is 9.97 Å². The fraction of sp³-hybridized carbons (Fsp3) is 0.0800. The van der Waals surface area contributed by atoms with Crippen molar-refractivity contribution in [3.05, 3.63) is 99.0 Å². The summed E-state index contributed by atoms with van der Waals surface area (Å²) in [6.07, 6.45) is 0. The number of hydrogen-bond donors (Lipinski definition) is 2. The third-order valence-electron chi connectivity index (χ3n) is 5.60. The normalized spacial score (nSPS) is 17.8. The van der Waals surface area contributed by atoms with Crippen LogP contribution in [0, 0.1) is 6.92 Å². The van der Waals surface area contributed by atoms with Crippen molar-refractivity contribution in [3.63, 3.8) is 0 Å². The summed E-state index contributed by atoms with van der Waals surface area (Å²) in [7, 11) is 0. The number of anilines is 1. The number of aromatic nitrogens is 2. The first-order valence-electron chi connectivity index (χ1n) is 10.1. The fourth-order valence-corrected chi connectivity index (χ4v) is 4.36. The van der Waals surface area contributed by atoms with E-state index in [2.05, 4.69) is 9.97 Å². The molecule has 8 heteroatoms. The predicted molar refractivity (Wildman–Crippen MR) is 129 cm³/mol. The topological polar surface area (TPSA) is 86.3 Å². The molecule has 1 unspecified atom stereocenters. The van der Waals surface area contributed by atoms with Crippen molar-refractivity contribution < 1.29 is 14.7 Å². The van der Waals surface area contributed by atoms with Crippen LogP contribution in [0.3, 0.4) is 0 Å². The number of halogens is 2. The predicted octanol–water partition coefficient (Wildman–Crippen LogP) is 5.80. The van der Waals surface area contributed by atoms with Gasteiger partial charge < -0.3 is 10.1 Å². The molecule has 0 radical (unpaired) electrons. The highest BCUT2D eigenvalue weighted by Gasteiger charge is 2.48. The van der Waals surface area contributed by atoms with Crippen LogP contribution < -0.4 is 4.90 Å². The van der Waals surface area contributed by atoms with Gasteiger partial charge in [0.15, 0.2) is 0 Å². The van der Waals surface area contributed by atoms with Gasteiger partial charge in [-0.3, -0.25) is 14.5 Å². The van der Waals surface area contributed by atoms with Gasteiger partial charge in [0.25, 0.3) is 5.78 Å².